The van der Waals surface area contributed by atoms with Gasteiger partial charge in [-0.1, -0.05) is 23.2 Å². The molecule has 0 radical (unpaired) electrons. The molecule has 0 saturated heterocycles. The van der Waals surface area contributed by atoms with Gasteiger partial charge in [0.1, 0.15) is 5.75 Å². The summed E-state index contributed by atoms with van der Waals surface area (Å²) >= 11 is 11.7. The molecule has 0 unspecified atom stereocenters. The van der Waals surface area contributed by atoms with Gasteiger partial charge in [-0.3, -0.25) is 9.59 Å². The second-order valence-corrected chi connectivity index (χ2v) is 5.21. The zero-order valence-electron chi connectivity index (χ0n) is 10.1. The highest BCUT2D eigenvalue weighted by Gasteiger charge is 2.23. The average molecular weight is 302 g/mol. The second kappa shape index (κ2) is 6.26. The summed E-state index contributed by atoms with van der Waals surface area (Å²) in [5, 5.41) is 3.48. The molecule has 6 heteroatoms. The number of rotatable bonds is 6. The summed E-state index contributed by atoms with van der Waals surface area (Å²) in [5.74, 6) is 0.209. The van der Waals surface area contributed by atoms with Crippen LogP contribution in [-0.2, 0) is 4.79 Å². The van der Waals surface area contributed by atoms with Gasteiger partial charge in [-0.2, -0.15) is 0 Å². The van der Waals surface area contributed by atoms with E-state index >= 15 is 0 Å². The summed E-state index contributed by atoms with van der Waals surface area (Å²) in [6.07, 6.45) is 2.95. The zero-order valence-corrected chi connectivity index (χ0v) is 11.6. The molecule has 1 amide bonds. The van der Waals surface area contributed by atoms with Crippen molar-refractivity contribution in [3.8, 4) is 5.75 Å². The number of hydrogen-bond acceptors (Lipinski definition) is 3. The van der Waals surface area contributed by atoms with Crippen molar-refractivity contribution in [1.29, 1.82) is 0 Å². The number of halogens is 2. The number of benzene rings is 1. The van der Waals surface area contributed by atoms with Crippen LogP contribution < -0.4 is 10.1 Å². The molecular weight excluding hydrogens is 289 g/mol. The molecule has 1 aliphatic carbocycles. The summed E-state index contributed by atoms with van der Waals surface area (Å²) in [4.78, 5) is 22.4. The van der Waals surface area contributed by atoms with E-state index in [1.165, 1.54) is 12.1 Å². The van der Waals surface area contributed by atoms with Crippen molar-refractivity contribution in [2.24, 2.45) is 0 Å². The molecule has 1 aromatic rings. The summed E-state index contributed by atoms with van der Waals surface area (Å²) in [7, 11) is 0. The highest BCUT2D eigenvalue weighted by atomic mass is 35.5. The Morgan fingerprint density at radius 2 is 2.16 bits per heavy atom. The molecule has 19 heavy (non-hydrogen) atoms. The van der Waals surface area contributed by atoms with Crippen molar-refractivity contribution in [2.75, 3.05) is 6.61 Å². The first kappa shape index (κ1) is 14.2. The van der Waals surface area contributed by atoms with Crippen molar-refractivity contribution in [2.45, 2.75) is 25.3 Å². The molecule has 1 N–H and O–H groups in total. The number of hydrogen-bond donors (Lipinski definition) is 1. The monoisotopic (exact) mass is 301 g/mol. The van der Waals surface area contributed by atoms with Crippen LogP contribution in [0.25, 0.3) is 0 Å². The molecule has 1 fully saturated rings. The fraction of sp³-hybridized carbons (Fsp3) is 0.385. The molecule has 1 aliphatic rings. The van der Waals surface area contributed by atoms with E-state index in [2.05, 4.69) is 5.32 Å². The molecule has 0 heterocycles. The summed E-state index contributed by atoms with van der Waals surface area (Å²) in [6, 6.07) is 3.30. The van der Waals surface area contributed by atoms with Crippen molar-refractivity contribution >= 4 is 35.4 Å². The molecule has 0 spiro atoms. The van der Waals surface area contributed by atoms with Gasteiger partial charge in [0, 0.05) is 11.1 Å². The third-order valence-electron chi connectivity index (χ3n) is 2.68. The van der Waals surface area contributed by atoms with Gasteiger partial charge in [-0.05, 0) is 25.0 Å². The third-order valence-corrected chi connectivity index (χ3v) is 3.18. The Hall–Kier alpha value is -1.26. The van der Waals surface area contributed by atoms with E-state index < -0.39 is 0 Å². The van der Waals surface area contributed by atoms with E-state index in [4.69, 9.17) is 27.9 Å². The lowest BCUT2D eigenvalue weighted by atomic mass is 10.2. The fourth-order valence-corrected chi connectivity index (χ4v) is 2.16. The van der Waals surface area contributed by atoms with E-state index in [0.29, 0.717) is 17.4 Å². The number of nitrogens with one attached hydrogen (secondary N) is 1. The molecular formula is C13H13Cl2NO3. The Labute approximate surface area is 121 Å². The van der Waals surface area contributed by atoms with Crippen LogP contribution in [0.5, 0.6) is 5.75 Å². The van der Waals surface area contributed by atoms with Crippen LogP contribution in [0, 0.1) is 0 Å². The largest absolute Gasteiger partial charge is 0.491 e. The molecule has 1 saturated carbocycles. The van der Waals surface area contributed by atoms with Gasteiger partial charge in [0.15, 0.2) is 6.29 Å². The van der Waals surface area contributed by atoms with Crippen LogP contribution in [0.3, 0.4) is 0 Å². The number of carbonyl (C=O) groups excluding carboxylic acids is 2. The SMILES string of the molecule is O=Cc1cc(Cl)cc(Cl)c1OCCC(=O)NC1CC1. The van der Waals surface area contributed by atoms with Crippen LogP contribution in [0.1, 0.15) is 29.6 Å². The molecule has 0 bridgehead atoms. The number of aldehydes is 1. The first-order valence-electron chi connectivity index (χ1n) is 5.96. The molecule has 0 aliphatic heterocycles. The standard InChI is InChI=1S/C13H13Cl2NO3/c14-9-5-8(7-17)13(11(15)6-9)19-4-3-12(18)16-10-1-2-10/h5-7,10H,1-4H2,(H,16,18). The van der Waals surface area contributed by atoms with Crippen LogP contribution in [0.15, 0.2) is 12.1 Å². The topological polar surface area (TPSA) is 55.4 Å². The minimum Gasteiger partial charge on any atom is -0.491 e. The first-order chi connectivity index (χ1) is 9.10. The zero-order chi connectivity index (χ0) is 13.8. The summed E-state index contributed by atoms with van der Waals surface area (Å²) < 4.78 is 5.40. The van der Waals surface area contributed by atoms with Crippen molar-refractivity contribution in [1.82, 2.24) is 5.32 Å². The van der Waals surface area contributed by atoms with Crippen molar-refractivity contribution in [3.05, 3.63) is 27.7 Å². The normalized spacial score (nSPS) is 14.0. The fourth-order valence-electron chi connectivity index (χ4n) is 1.59. The Morgan fingerprint density at radius 1 is 1.42 bits per heavy atom. The average Bonchev–Trinajstić information content (AvgIpc) is 3.15. The Bertz CT molecular complexity index is 501. The van der Waals surface area contributed by atoms with Gasteiger partial charge >= 0.3 is 0 Å². The summed E-state index contributed by atoms with van der Waals surface area (Å²) in [6.45, 7) is 0.167. The van der Waals surface area contributed by atoms with Gasteiger partial charge in [0.2, 0.25) is 5.91 Å². The van der Waals surface area contributed by atoms with Crippen LogP contribution in [-0.4, -0.2) is 24.8 Å². The van der Waals surface area contributed by atoms with E-state index in [9.17, 15) is 9.59 Å². The van der Waals surface area contributed by atoms with Gasteiger partial charge in [0.25, 0.3) is 0 Å². The van der Waals surface area contributed by atoms with Crippen molar-refractivity contribution < 1.29 is 14.3 Å². The lowest BCUT2D eigenvalue weighted by Crippen LogP contribution is -2.26. The summed E-state index contributed by atoms with van der Waals surface area (Å²) in [5.41, 5.74) is 0.278. The van der Waals surface area contributed by atoms with Gasteiger partial charge in [0.05, 0.1) is 23.6 Å². The maximum Gasteiger partial charge on any atom is 0.223 e. The molecule has 1 aromatic carbocycles. The Kier molecular flexibility index (Phi) is 4.66. The van der Waals surface area contributed by atoms with Gasteiger partial charge < -0.3 is 10.1 Å². The molecule has 0 aromatic heterocycles. The quantitative estimate of drug-likeness (QED) is 0.822. The number of amides is 1. The maximum absolute atomic E-state index is 11.5. The van der Waals surface area contributed by atoms with E-state index in [0.717, 1.165) is 12.8 Å². The second-order valence-electron chi connectivity index (χ2n) is 4.36. The minimum atomic E-state index is -0.0553. The predicted molar refractivity (Wildman–Crippen MR) is 73.1 cm³/mol. The highest BCUT2D eigenvalue weighted by Crippen LogP contribution is 2.31. The third kappa shape index (κ3) is 4.11. The maximum atomic E-state index is 11.5. The molecule has 4 nitrogen and oxygen atoms in total. The van der Waals surface area contributed by atoms with Crippen LogP contribution >= 0.6 is 23.2 Å². The Balaban J connectivity index is 1.91. The predicted octanol–water partition coefficient (Wildman–Crippen LogP) is 2.85. The van der Waals surface area contributed by atoms with E-state index in [-0.39, 0.29) is 35.3 Å². The smallest absolute Gasteiger partial charge is 0.223 e. The Morgan fingerprint density at radius 3 is 2.79 bits per heavy atom. The number of ether oxygens (including phenoxy) is 1. The molecule has 102 valence electrons. The molecule has 0 atom stereocenters. The lowest BCUT2D eigenvalue weighted by molar-refractivity contribution is -0.121. The van der Waals surface area contributed by atoms with Crippen molar-refractivity contribution in [3.63, 3.8) is 0 Å². The first-order valence-corrected chi connectivity index (χ1v) is 6.72. The van der Waals surface area contributed by atoms with Crippen LogP contribution in [0.4, 0.5) is 0 Å². The van der Waals surface area contributed by atoms with Gasteiger partial charge in [-0.15, -0.1) is 0 Å². The van der Waals surface area contributed by atoms with Gasteiger partial charge in [-0.25, -0.2) is 0 Å². The lowest BCUT2D eigenvalue weighted by Gasteiger charge is -2.10. The van der Waals surface area contributed by atoms with E-state index in [1.807, 2.05) is 0 Å². The van der Waals surface area contributed by atoms with E-state index in [1.54, 1.807) is 0 Å². The van der Waals surface area contributed by atoms with Crippen LogP contribution in [0.2, 0.25) is 10.0 Å². The minimum absolute atomic E-state index is 0.0553. The molecule has 2 rings (SSSR count). The highest BCUT2D eigenvalue weighted by molar-refractivity contribution is 6.36. The number of carbonyl (C=O) groups is 2.